The first-order chi connectivity index (χ1) is 9.61. The standard InChI is InChI=1S/C16H30N2O2/c1-12(2)18-9-8-13(11-18)15(16(19)20-3)10-17-14-6-4-5-7-14/h12-15,17H,4-11H2,1-3H3. The van der Waals surface area contributed by atoms with Gasteiger partial charge in [0.05, 0.1) is 13.0 Å². The fourth-order valence-corrected chi connectivity index (χ4v) is 3.63. The third kappa shape index (κ3) is 3.95. The molecule has 1 N–H and O–H groups in total. The molecular formula is C16H30N2O2. The summed E-state index contributed by atoms with van der Waals surface area (Å²) in [6.45, 7) is 7.38. The monoisotopic (exact) mass is 282 g/mol. The molecule has 2 aliphatic rings. The van der Waals surface area contributed by atoms with Gasteiger partial charge in [0.15, 0.2) is 0 Å². The van der Waals surface area contributed by atoms with E-state index in [0.29, 0.717) is 18.0 Å². The van der Waals surface area contributed by atoms with E-state index in [1.165, 1.54) is 32.8 Å². The molecule has 1 saturated heterocycles. The van der Waals surface area contributed by atoms with E-state index in [9.17, 15) is 4.79 Å². The number of methoxy groups -OCH3 is 1. The van der Waals surface area contributed by atoms with Gasteiger partial charge in [-0.05, 0) is 45.6 Å². The van der Waals surface area contributed by atoms with Crippen molar-refractivity contribution in [3.8, 4) is 0 Å². The van der Waals surface area contributed by atoms with E-state index in [1.54, 1.807) is 0 Å². The lowest BCUT2D eigenvalue weighted by Crippen LogP contribution is -2.40. The Morgan fingerprint density at radius 2 is 2.00 bits per heavy atom. The molecule has 1 aliphatic heterocycles. The van der Waals surface area contributed by atoms with Crippen LogP contribution in [0.1, 0.15) is 46.0 Å². The highest BCUT2D eigenvalue weighted by Gasteiger charge is 2.35. The predicted molar refractivity (Wildman–Crippen MR) is 80.6 cm³/mol. The minimum absolute atomic E-state index is 0.0179. The SMILES string of the molecule is COC(=O)C(CNC1CCCC1)C1CCN(C(C)C)C1. The Bertz CT molecular complexity index is 314. The number of likely N-dealkylation sites (tertiary alicyclic amines) is 1. The van der Waals surface area contributed by atoms with E-state index in [-0.39, 0.29) is 11.9 Å². The van der Waals surface area contributed by atoms with Crippen LogP contribution in [0.2, 0.25) is 0 Å². The summed E-state index contributed by atoms with van der Waals surface area (Å²) in [6.07, 6.45) is 6.29. The maximum absolute atomic E-state index is 12.1. The van der Waals surface area contributed by atoms with Crippen molar-refractivity contribution in [1.82, 2.24) is 10.2 Å². The van der Waals surface area contributed by atoms with E-state index >= 15 is 0 Å². The second-order valence-corrected chi connectivity index (χ2v) is 6.66. The summed E-state index contributed by atoms with van der Waals surface area (Å²) in [4.78, 5) is 14.6. The highest BCUT2D eigenvalue weighted by atomic mass is 16.5. The summed E-state index contributed by atoms with van der Waals surface area (Å²) in [5.41, 5.74) is 0. The molecule has 1 aliphatic carbocycles. The number of hydrogen-bond donors (Lipinski definition) is 1. The first-order valence-electron chi connectivity index (χ1n) is 8.17. The molecule has 4 nitrogen and oxygen atoms in total. The highest BCUT2D eigenvalue weighted by molar-refractivity contribution is 5.73. The molecular weight excluding hydrogens is 252 g/mol. The maximum atomic E-state index is 12.1. The summed E-state index contributed by atoms with van der Waals surface area (Å²) >= 11 is 0. The molecule has 2 atom stereocenters. The van der Waals surface area contributed by atoms with Crippen LogP contribution in [0.4, 0.5) is 0 Å². The number of hydrogen-bond acceptors (Lipinski definition) is 4. The molecule has 20 heavy (non-hydrogen) atoms. The molecule has 0 aromatic rings. The van der Waals surface area contributed by atoms with Gasteiger partial charge in [-0.2, -0.15) is 0 Å². The normalized spacial score (nSPS) is 26.3. The van der Waals surface area contributed by atoms with Gasteiger partial charge in [0.1, 0.15) is 0 Å². The van der Waals surface area contributed by atoms with Gasteiger partial charge in [0.2, 0.25) is 0 Å². The minimum atomic E-state index is -0.0360. The second kappa shape index (κ2) is 7.41. The van der Waals surface area contributed by atoms with Crippen LogP contribution in [-0.2, 0) is 9.53 Å². The lowest BCUT2D eigenvalue weighted by Gasteiger charge is -2.25. The largest absolute Gasteiger partial charge is 0.469 e. The quantitative estimate of drug-likeness (QED) is 0.757. The number of carbonyl (C=O) groups is 1. The molecule has 2 unspecified atom stereocenters. The maximum Gasteiger partial charge on any atom is 0.310 e. The predicted octanol–water partition coefficient (Wildman–Crippen LogP) is 2.04. The number of ether oxygens (including phenoxy) is 1. The van der Waals surface area contributed by atoms with Gasteiger partial charge in [-0.3, -0.25) is 4.79 Å². The van der Waals surface area contributed by atoms with E-state index in [4.69, 9.17) is 4.74 Å². The summed E-state index contributed by atoms with van der Waals surface area (Å²) in [7, 11) is 1.51. The van der Waals surface area contributed by atoms with Crippen molar-refractivity contribution in [3.63, 3.8) is 0 Å². The van der Waals surface area contributed by atoms with E-state index in [2.05, 4.69) is 24.1 Å². The van der Waals surface area contributed by atoms with Crippen LogP contribution in [0.5, 0.6) is 0 Å². The van der Waals surface area contributed by atoms with Crippen molar-refractivity contribution in [1.29, 1.82) is 0 Å². The Morgan fingerprint density at radius 1 is 1.30 bits per heavy atom. The molecule has 0 aromatic heterocycles. The number of nitrogens with one attached hydrogen (secondary N) is 1. The third-order valence-corrected chi connectivity index (χ3v) is 5.04. The molecule has 4 heteroatoms. The van der Waals surface area contributed by atoms with Crippen LogP contribution in [0, 0.1) is 11.8 Å². The van der Waals surface area contributed by atoms with Crippen molar-refractivity contribution in [2.24, 2.45) is 11.8 Å². The van der Waals surface area contributed by atoms with Crippen molar-refractivity contribution in [2.75, 3.05) is 26.7 Å². The topological polar surface area (TPSA) is 41.6 Å². The van der Waals surface area contributed by atoms with Crippen molar-refractivity contribution >= 4 is 5.97 Å². The number of nitrogens with zero attached hydrogens (tertiary/aromatic N) is 1. The van der Waals surface area contributed by atoms with Gasteiger partial charge >= 0.3 is 5.97 Å². The smallest absolute Gasteiger partial charge is 0.310 e. The van der Waals surface area contributed by atoms with Crippen molar-refractivity contribution in [2.45, 2.75) is 58.0 Å². The average Bonchev–Trinajstić information content (AvgIpc) is 3.09. The third-order valence-electron chi connectivity index (χ3n) is 5.04. The molecule has 1 heterocycles. The number of rotatable bonds is 6. The Morgan fingerprint density at radius 3 is 2.55 bits per heavy atom. The van der Waals surface area contributed by atoms with E-state index in [1.807, 2.05) is 0 Å². The zero-order chi connectivity index (χ0) is 14.5. The van der Waals surface area contributed by atoms with Gasteiger partial charge in [0.25, 0.3) is 0 Å². The fraction of sp³-hybridized carbons (Fsp3) is 0.938. The molecule has 0 aromatic carbocycles. The Labute approximate surface area is 123 Å². The van der Waals surface area contributed by atoms with Crippen molar-refractivity contribution in [3.05, 3.63) is 0 Å². The van der Waals surface area contributed by atoms with Gasteiger partial charge < -0.3 is 15.0 Å². The zero-order valence-electron chi connectivity index (χ0n) is 13.2. The van der Waals surface area contributed by atoms with Gasteiger partial charge in [0, 0.05) is 25.2 Å². The van der Waals surface area contributed by atoms with E-state index < -0.39 is 0 Å². The number of esters is 1. The lowest BCUT2D eigenvalue weighted by molar-refractivity contribution is -0.147. The van der Waals surface area contributed by atoms with Crippen LogP contribution in [-0.4, -0.2) is 49.7 Å². The number of carbonyl (C=O) groups excluding carboxylic acids is 1. The summed E-state index contributed by atoms with van der Waals surface area (Å²) in [6, 6.07) is 1.19. The van der Waals surface area contributed by atoms with Crippen LogP contribution < -0.4 is 5.32 Å². The molecule has 116 valence electrons. The molecule has 1 saturated carbocycles. The molecule has 2 fully saturated rings. The van der Waals surface area contributed by atoms with Crippen LogP contribution in [0.25, 0.3) is 0 Å². The Kier molecular flexibility index (Phi) is 5.85. The average molecular weight is 282 g/mol. The van der Waals surface area contributed by atoms with Crippen molar-refractivity contribution < 1.29 is 9.53 Å². The van der Waals surface area contributed by atoms with Gasteiger partial charge in [-0.1, -0.05) is 12.8 Å². The zero-order valence-corrected chi connectivity index (χ0v) is 13.2. The van der Waals surface area contributed by atoms with Crippen LogP contribution >= 0.6 is 0 Å². The van der Waals surface area contributed by atoms with Crippen LogP contribution in [0.3, 0.4) is 0 Å². The molecule has 0 spiro atoms. The Hall–Kier alpha value is -0.610. The molecule has 0 bridgehead atoms. The second-order valence-electron chi connectivity index (χ2n) is 6.66. The summed E-state index contributed by atoms with van der Waals surface area (Å²) in [5.74, 6) is 0.425. The van der Waals surface area contributed by atoms with Gasteiger partial charge in [-0.25, -0.2) is 0 Å². The van der Waals surface area contributed by atoms with Gasteiger partial charge in [-0.15, -0.1) is 0 Å². The first kappa shape index (κ1) is 15.8. The fourth-order valence-electron chi connectivity index (χ4n) is 3.63. The summed E-state index contributed by atoms with van der Waals surface area (Å²) in [5, 5.41) is 3.60. The first-order valence-corrected chi connectivity index (χ1v) is 8.17. The highest BCUT2D eigenvalue weighted by Crippen LogP contribution is 2.27. The lowest BCUT2D eigenvalue weighted by atomic mass is 9.91. The van der Waals surface area contributed by atoms with E-state index in [0.717, 1.165) is 26.1 Å². The minimum Gasteiger partial charge on any atom is -0.469 e. The summed E-state index contributed by atoms with van der Waals surface area (Å²) < 4.78 is 5.04. The van der Waals surface area contributed by atoms with Crippen LogP contribution in [0.15, 0.2) is 0 Å². The Balaban J connectivity index is 1.88. The molecule has 0 amide bonds. The molecule has 0 radical (unpaired) electrons. The molecule has 2 rings (SSSR count).